The largest absolute Gasteiger partial charge is 0.454 e. The maximum absolute atomic E-state index is 8.92. The molecule has 0 unspecified atom stereocenters. The van der Waals surface area contributed by atoms with Gasteiger partial charge in [0.2, 0.25) is 6.79 Å². The van der Waals surface area contributed by atoms with Crippen molar-refractivity contribution in [3.63, 3.8) is 0 Å². The Labute approximate surface area is 167 Å². The van der Waals surface area contributed by atoms with Gasteiger partial charge in [-0.25, -0.2) is 5.01 Å². The number of hydrogen-bond donors (Lipinski definition) is 1. The summed E-state index contributed by atoms with van der Waals surface area (Å²) in [6.07, 6.45) is 1.95. The lowest BCUT2D eigenvalue weighted by atomic mass is 10.2. The first-order valence-corrected chi connectivity index (χ1v) is 9.00. The van der Waals surface area contributed by atoms with Gasteiger partial charge in [-0.05, 0) is 60.6 Å². The molecule has 27 heavy (non-hydrogen) atoms. The number of fused-ring (bicyclic) bond motifs is 1. The van der Waals surface area contributed by atoms with Gasteiger partial charge in [0.15, 0.2) is 16.6 Å². The molecule has 8 heteroatoms. The molecule has 3 rings (SSSR count). The fourth-order valence-corrected chi connectivity index (χ4v) is 2.83. The lowest BCUT2D eigenvalue weighted by Crippen LogP contribution is -2.31. The predicted molar refractivity (Wildman–Crippen MR) is 110 cm³/mol. The number of rotatable bonds is 5. The van der Waals surface area contributed by atoms with Gasteiger partial charge in [-0.3, -0.25) is 0 Å². The molecule has 0 spiro atoms. The van der Waals surface area contributed by atoms with Crippen molar-refractivity contribution in [3.8, 4) is 17.6 Å². The molecule has 1 aliphatic rings. The first-order chi connectivity index (χ1) is 13.1. The van der Waals surface area contributed by atoms with Gasteiger partial charge in [-0.2, -0.15) is 10.4 Å². The first-order valence-electron chi connectivity index (χ1n) is 8.22. The summed E-state index contributed by atoms with van der Waals surface area (Å²) in [6, 6.07) is 13.2. The number of halogens is 1. The number of hydrazone groups is 1. The summed E-state index contributed by atoms with van der Waals surface area (Å²) in [6.45, 7) is 2.54. The zero-order valence-corrected chi connectivity index (χ0v) is 16.2. The number of thiocarbonyl (C=S) groups is 1. The van der Waals surface area contributed by atoms with E-state index in [1.165, 1.54) is 0 Å². The standard InChI is InChI=1S/C19H17ClN4O2S/c1-13-3-5-15(20)10-16(13)23-19(27)24(8-2-7-21)22-11-14-4-6-17-18(9-14)26-12-25-17/h3-6,9-11H,2,8,12H2,1H3,(H,23,27)/b22-11-. The number of hydrogen-bond acceptors (Lipinski definition) is 5. The van der Waals surface area contributed by atoms with Crippen molar-refractivity contribution in [2.75, 3.05) is 18.7 Å². The van der Waals surface area contributed by atoms with Crippen LogP contribution in [0, 0.1) is 18.3 Å². The van der Waals surface area contributed by atoms with Crippen molar-refractivity contribution in [2.45, 2.75) is 13.3 Å². The molecule has 138 valence electrons. The van der Waals surface area contributed by atoms with Gasteiger partial charge in [0.1, 0.15) is 0 Å². The number of benzene rings is 2. The Balaban J connectivity index is 1.75. The molecule has 0 bridgehead atoms. The summed E-state index contributed by atoms with van der Waals surface area (Å²) in [4.78, 5) is 0. The van der Waals surface area contributed by atoms with E-state index < -0.39 is 0 Å². The van der Waals surface area contributed by atoms with Crippen LogP contribution in [-0.2, 0) is 0 Å². The Morgan fingerprint density at radius 1 is 1.33 bits per heavy atom. The van der Waals surface area contributed by atoms with E-state index in [0.29, 0.717) is 28.2 Å². The van der Waals surface area contributed by atoms with Gasteiger partial charge in [-0.1, -0.05) is 17.7 Å². The maximum Gasteiger partial charge on any atom is 0.231 e. The summed E-state index contributed by atoms with van der Waals surface area (Å²) in [5.41, 5.74) is 2.64. The van der Waals surface area contributed by atoms with E-state index >= 15 is 0 Å². The second-order valence-electron chi connectivity index (χ2n) is 5.78. The molecule has 1 aliphatic heterocycles. The van der Waals surface area contributed by atoms with Crippen LogP contribution < -0.4 is 14.8 Å². The van der Waals surface area contributed by atoms with Crippen molar-refractivity contribution in [3.05, 3.63) is 52.5 Å². The van der Waals surface area contributed by atoms with E-state index in [1.807, 2.05) is 37.3 Å². The lowest BCUT2D eigenvalue weighted by molar-refractivity contribution is 0.174. The maximum atomic E-state index is 8.92. The number of nitrogens with one attached hydrogen (secondary N) is 1. The topological polar surface area (TPSA) is 69.9 Å². The highest BCUT2D eigenvalue weighted by Gasteiger charge is 2.13. The molecule has 0 saturated heterocycles. The molecule has 0 radical (unpaired) electrons. The molecule has 0 saturated carbocycles. The van der Waals surface area contributed by atoms with Crippen LogP contribution in [0.25, 0.3) is 0 Å². The van der Waals surface area contributed by atoms with E-state index in [9.17, 15) is 0 Å². The summed E-state index contributed by atoms with van der Waals surface area (Å²) < 4.78 is 10.7. The Morgan fingerprint density at radius 2 is 2.15 bits per heavy atom. The minimum atomic E-state index is 0.219. The van der Waals surface area contributed by atoms with Crippen LogP contribution in [0.2, 0.25) is 5.02 Å². The molecule has 1 N–H and O–H groups in total. The average Bonchev–Trinajstić information content (AvgIpc) is 3.12. The van der Waals surface area contributed by atoms with Crippen LogP contribution in [0.4, 0.5) is 5.69 Å². The van der Waals surface area contributed by atoms with Crippen molar-refractivity contribution in [2.24, 2.45) is 5.10 Å². The third-order valence-electron chi connectivity index (χ3n) is 3.85. The summed E-state index contributed by atoms with van der Waals surface area (Å²) in [5, 5.41) is 19.1. The monoisotopic (exact) mass is 400 g/mol. The third-order valence-corrected chi connectivity index (χ3v) is 4.40. The minimum absolute atomic E-state index is 0.219. The van der Waals surface area contributed by atoms with Crippen LogP contribution in [0.5, 0.6) is 11.5 Å². The fourth-order valence-electron chi connectivity index (χ4n) is 2.41. The van der Waals surface area contributed by atoms with Gasteiger partial charge < -0.3 is 14.8 Å². The first kappa shape index (κ1) is 19.0. The van der Waals surface area contributed by atoms with Crippen molar-refractivity contribution < 1.29 is 9.47 Å². The second kappa shape index (κ2) is 8.71. The van der Waals surface area contributed by atoms with E-state index in [4.69, 9.17) is 38.6 Å². The Hall–Kier alpha value is -2.82. The normalized spacial score (nSPS) is 12.0. The molecule has 1 heterocycles. The number of aryl methyl sites for hydroxylation is 1. The van der Waals surface area contributed by atoms with E-state index in [-0.39, 0.29) is 13.2 Å². The SMILES string of the molecule is Cc1ccc(Cl)cc1NC(=S)N(CCC#N)/N=C\c1ccc2c(c1)OCO2. The molecule has 0 aromatic heterocycles. The zero-order valence-electron chi connectivity index (χ0n) is 14.6. The highest BCUT2D eigenvalue weighted by molar-refractivity contribution is 7.80. The molecule has 2 aromatic carbocycles. The highest BCUT2D eigenvalue weighted by Crippen LogP contribution is 2.32. The van der Waals surface area contributed by atoms with Crippen LogP contribution in [0.3, 0.4) is 0 Å². The van der Waals surface area contributed by atoms with E-state index in [2.05, 4.69) is 16.5 Å². The molecular weight excluding hydrogens is 384 g/mol. The van der Waals surface area contributed by atoms with E-state index in [0.717, 1.165) is 16.8 Å². The smallest absolute Gasteiger partial charge is 0.231 e. The van der Waals surface area contributed by atoms with Crippen LogP contribution in [0.15, 0.2) is 41.5 Å². The second-order valence-corrected chi connectivity index (χ2v) is 6.60. The number of nitriles is 1. The number of nitrogens with zero attached hydrogens (tertiary/aromatic N) is 3. The van der Waals surface area contributed by atoms with E-state index in [1.54, 1.807) is 17.3 Å². The van der Waals surface area contributed by atoms with Gasteiger partial charge in [-0.15, -0.1) is 0 Å². The Bertz CT molecular complexity index is 926. The van der Waals surface area contributed by atoms with Gasteiger partial charge in [0.05, 0.1) is 25.2 Å². The molecular formula is C19H17ClN4O2S. The third kappa shape index (κ3) is 4.88. The summed E-state index contributed by atoms with van der Waals surface area (Å²) in [5.74, 6) is 1.39. The van der Waals surface area contributed by atoms with Crippen LogP contribution in [0.1, 0.15) is 17.5 Å². The summed E-state index contributed by atoms with van der Waals surface area (Å²) >= 11 is 11.5. The van der Waals surface area contributed by atoms with Gasteiger partial charge in [0, 0.05) is 10.7 Å². The highest BCUT2D eigenvalue weighted by atomic mass is 35.5. The van der Waals surface area contributed by atoms with Crippen molar-refractivity contribution in [1.29, 1.82) is 5.26 Å². The van der Waals surface area contributed by atoms with Crippen molar-refractivity contribution in [1.82, 2.24) is 5.01 Å². The number of anilines is 1. The molecule has 2 aromatic rings. The van der Waals surface area contributed by atoms with Gasteiger partial charge >= 0.3 is 0 Å². The molecule has 0 aliphatic carbocycles. The molecule has 0 amide bonds. The van der Waals surface area contributed by atoms with Crippen molar-refractivity contribution >= 4 is 40.8 Å². The van der Waals surface area contributed by atoms with Crippen LogP contribution >= 0.6 is 23.8 Å². The molecule has 0 fully saturated rings. The minimum Gasteiger partial charge on any atom is -0.454 e. The fraction of sp³-hybridized carbons (Fsp3) is 0.211. The lowest BCUT2D eigenvalue weighted by Gasteiger charge is -2.20. The molecule has 6 nitrogen and oxygen atoms in total. The Morgan fingerprint density at radius 3 is 2.96 bits per heavy atom. The zero-order chi connectivity index (χ0) is 19.2. The quantitative estimate of drug-likeness (QED) is 0.458. The average molecular weight is 401 g/mol. The predicted octanol–water partition coefficient (Wildman–Crippen LogP) is 4.32. The number of ether oxygens (including phenoxy) is 2. The molecule has 0 atom stereocenters. The Kier molecular flexibility index (Phi) is 6.12. The van der Waals surface area contributed by atoms with Crippen LogP contribution in [-0.4, -0.2) is 29.7 Å². The van der Waals surface area contributed by atoms with Gasteiger partial charge in [0.25, 0.3) is 0 Å². The summed E-state index contributed by atoms with van der Waals surface area (Å²) in [7, 11) is 0.